The Balaban J connectivity index is 1.86. The number of unbranched alkanes of at least 4 members (excludes halogenated alkanes) is 1. The van der Waals surface area contributed by atoms with Crippen molar-refractivity contribution in [2.75, 3.05) is 30.8 Å². The van der Waals surface area contributed by atoms with E-state index in [9.17, 15) is 18.0 Å². The van der Waals surface area contributed by atoms with Gasteiger partial charge in [0.05, 0.1) is 19.1 Å². The summed E-state index contributed by atoms with van der Waals surface area (Å²) in [4.78, 5) is 29.1. The van der Waals surface area contributed by atoms with Crippen molar-refractivity contribution in [3.8, 4) is 5.75 Å². The molecule has 42 heavy (non-hydrogen) atoms. The first-order valence-corrected chi connectivity index (χ1v) is 16.3. The summed E-state index contributed by atoms with van der Waals surface area (Å²) in [6.07, 6.45) is 3.67. The lowest BCUT2D eigenvalue weighted by Gasteiger charge is -2.32. The van der Waals surface area contributed by atoms with Gasteiger partial charge in [-0.1, -0.05) is 79.6 Å². The normalized spacial score (nSPS) is 11.9. The Morgan fingerprint density at radius 3 is 2.29 bits per heavy atom. The van der Waals surface area contributed by atoms with E-state index in [0.717, 1.165) is 35.8 Å². The molecule has 3 aromatic carbocycles. The molecule has 226 valence electrons. The van der Waals surface area contributed by atoms with Gasteiger partial charge in [-0.25, -0.2) is 8.42 Å². The summed E-state index contributed by atoms with van der Waals surface area (Å²) in [6, 6.07) is 23.7. The van der Waals surface area contributed by atoms with Gasteiger partial charge in [-0.2, -0.15) is 0 Å². The number of anilines is 1. The van der Waals surface area contributed by atoms with Crippen LogP contribution in [-0.2, 0) is 32.6 Å². The highest BCUT2D eigenvalue weighted by atomic mass is 32.2. The van der Waals surface area contributed by atoms with Crippen LogP contribution in [0.3, 0.4) is 0 Å². The molecule has 0 aliphatic heterocycles. The number of benzene rings is 3. The Kier molecular flexibility index (Phi) is 12.4. The Morgan fingerprint density at radius 1 is 0.929 bits per heavy atom. The number of aryl methyl sites for hydroxylation is 1. The number of carbonyl (C=O) groups is 2. The van der Waals surface area contributed by atoms with Crippen LogP contribution in [0.15, 0.2) is 78.9 Å². The molecule has 3 rings (SSSR count). The molecule has 0 saturated carbocycles. The third-order valence-corrected chi connectivity index (χ3v) is 8.26. The molecular weight excluding hydrogens is 550 g/mol. The second kappa shape index (κ2) is 16.0. The lowest BCUT2D eigenvalue weighted by Crippen LogP contribution is -2.50. The molecule has 0 fully saturated rings. The van der Waals surface area contributed by atoms with Crippen LogP contribution < -0.4 is 14.4 Å². The monoisotopic (exact) mass is 593 g/mol. The highest BCUT2D eigenvalue weighted by Gasteiger charge is 2.30. The topological polar surface area (TPSA) is 96.0 Å². The van der Waals surface area contributed by atoms with Crippen LogP contribution in [0.1, 0.15) is 49.3 Å². The molecule has 1 unspecified atom stereocenters. The van der Waals surface area contributed by atoms with E-state index in [1.165, 1.54) is 11.4 Å². The first kappa shape index (κ1) is 32.7. The maximum absolute atomic E-state index is 13.9. The van der Waals surface area contributed by atoms with Gasteiger partial charge in [0, 0.05) is 38.5 Å². The summed E-state index contributed by atoms with van der Waals surface area (Å²) in [7, 11) is -2.09. The summed E-state index contributed by atoms with van der Waals surface area (Å²) in [6.45, 7) is 4.98. The highest BCUT2D eigenvalue weighted by Crippen LogP contribution is 2.24. The minimum Gasteiger partial charge on any atom is -0.497 e. The third kappa shape index (κ3) is 9.91. The molecule has 3 aromatic rings. The molecule has 9 heteroatoms. The van der Waals surface area contributed by atoms with Gasteiger partial charge < -0.3 is 15.0 Å². The van der Waals surface area contributed by atoms with E-state index < -0.39 is 16.1 Å². The Bertz CT molecular complexity index is 1390. The summed E-state index contributed by atoms with van der Waals surface area (Å²) in [5.41, 5.74) is 3.45. The van der Waals surface area contributed by atoms with Crippen molar-refractivity contribution in [3.05, 3.63) is 95.6 Å². The lowest BCUT2D eigenvalue weighted by molar-refractivity contribution is -0.141. The fourth-order valence-electron chi connectivity index (χ4n) is 4.72. The van der Waals surface area contributed by atoms with Crippen LogP contribution in [0.5, 0.6) is 5.75 Å². The molecule has 0 spiro atoms. The molecular formula is C33H43N3O5S. The number of nitrogens with zero attached hydrogens (tertiary/aromatic N) is 2. The van der Waals surface area contributed by atoms with E-state index in [4.69, 9.17) is 4.74 Å². The molecule has 1 N–H and O–H groups in total. The maximum Gasteiger partial charge on any atom is 0.243 e. The summed E-state index contributed by atoms with van der Waals surface area (Å²) in [5, 5.41) is 3.03. The van der Waals surface area contributed by atoms with Crippen molar-refractivity contribution in [3.63, 3.8) is 0 Å². The number of ether oxygens (including phenoxy) is 1. The predicted molar refractivity (Wildman–Crippen MR) is 168 cm³/mol. The zero-order valence-electron chi connectivity index (χ0n) is 25.1. The zero-order chi connectivity index (χ0) is 30.5. The fraction of sp³-hybridized carbons (Fsp3) is 0.394. The van der Waals surface area contributed by atoms with Gasteiger partial charge in [-0.3, -0.25) is 13.9 Å². The average Bonchev–Trinajstić information content (AvgIpc) is 2.98. The molecule has 0 heterocycles. The minimum atomic E-state index is -3.61. The van der Waals surface area contributed by atoms with Crippen LogP contribution in [0.25, 0.3) is 0 Å². The molecule has 1 atom stereocenters. The van der Waals surface area contributed by atoms with E-state index >= 15 is 0 Å². The van der Waals surface area contributed by atoms with Crippen molar-refractivity contribution in [1.82, 2.24) is 10.2 Å². The quantitative estimate of drug-likeness (QED) is 0.233. The second-order valence-corrected chi connectivity index (χ2v) is 12.4. The SMILES string of the molecule is CCCCNC(=O)C(Cc1ccccc1)N(Cc1ccc(C)cc1)C(=O)CCCN(c1cccc(OC)c1)S(C)(=O)=O. The van der Waals surface area contributed by atoms with Gasteiger partial charge in [0.25, 0.3) is 0 Å². The van der Waals surface area contributed by atoms with E-state index in [1.54, 1.807) is 29.2 Å². The highest BCUT2D eigenvalue weighted by molar-refractivity contribution is 7.92. The van der Waals surface area contributed by atoms with Gasteiger partial charge >= 0.3 is 0 Å². The molecule has 0 bridgehead atoms. The third-order valence-electron chi connectivity index (χ3n) is 7.07. The Labute approximate surface area is 250 Å². The van der Waals surface area contributed by atoms with Gasteiger partial charge in [0.15, 0.2) is 0 Å². The number of sulfonamides is 1. The van der Waals surface area contributed by atoms with Crippen LogP contribution in [0.4, 0.5) is 5.69 Å². The van der Waals surface area contributed by atoms with Crippen LogP contribution in [0, 0.1) is 6.92 Å². The largest absolute Gasteiger partial charge is 0.497 e. The first-order valence-electron chi connectivity index (χ1n) is 14.4. The van der Waals surface area contributed by atoms with Crippen molar-refractivity contribution >= 4 is 27.5 Å². The minimum absolute atomic E-state index is 0.0787. The summed E-state index contributed by atoms with van der Waals surface area (Å²) >= 11 is 0. The smallest absolute Gasteiger partial charge is 0.243 e. The van der Waals surface area contributed by atoms with E-state index in [2.05, 4.69) is 12.2 Å². The number of rotatable bonds is 16. The predicted octanol–water partition coefficient (Wildman–Crippen LogP) is 5.11. The zero-order valence-corrected chi connectivity index (χ0v) is 25.9. The molecule has 8 nitrogen and oxygen atoms in total. The number of methoxy groups -OCH3 is 1. The van der Waals surface area contributed by atoms with Crippen LogP contribution in [-0.4, -0.2) is 57.6 Å². The van der Waals surface area contributed by atoms with Crippen LogP contribution in [0.2, 0.25) is 0 Å². The first-order chi connectivity index (χ1) is 20.1. The van der Waals surface area contributed by atoms with Gasteiger partial charge in [-0.15, -0.1) is 0 Å². The summed E-state index contributed by atoms with van der Waals surface area (Å²) in [5.74, 6) is 0.141. The van der Waals surface area contributed by atoms with Crippen molar-refractivity contribution in [2.24, 2.45) is 0 Å². The van der Waals surface area contributed by atoms with Crippen LogP contribution >= 0.6 is 0 Å². The number of hydrogen-bond donors (Lipinski definition) is 1. The van der Waals surface area contributed by atoms with Crippen molar-refractivity contribution < 1.29 is 22.7 Å². The lowest BCUT2D eigenvalue weighted by atomic mass is 10.0. The van der Waals surface area contributed by atoms with E-state index in [0.29, 0.717) is 24.4 Å². The van der Waals surface area contributed by atoms with Crippen molar-refractivity contribution in [1.29, 1.82) is 0 Å². The molecule has 0 aromatic heterocycles. The second-order valence-electron chi connectivity index (χ2n) is 10.5. The van der Waals surface area contributed by atoms with Gasteiger partial charge in [0.2, 0.25) is 21.8 Å². The maximum atomic E-state index is 13.9. The standard InChI is InChI=1S/C33H43N3O5S/c1-5-6-21-34-33(38)31(23-27-12-8-7-9-13-27)35(25-28-19-17-26(2)18-20-28)32(37)16-11-22-36(42(4,39)40)29-14-10-15-30(24-29)41-3/h7-10,12-15,17-20,24,31H,5-6,11,16,21-23,25H2,1-4H3,(H,34,38). The van der Waals surface area contributed by atoms with Gasteiger partial charge in [-0.05, 0) is 43.0 Å². The van der Waals surface area contributed by atoms with Gasteiger partial charge in [0.1, 0.15) is 11.8 Å². The summed E-state index contributed by atoms with van der Waals surface area (Å²) < 4.78 is 31.9. The number of nitrogens with one attached hydrogen (secondary N) is 1. The molecule has 0 saturated heterocycles. The Morgan fingerprint density at radius 2 is 1.64 bits per heavy atom. The van der Waals surface area contributed by atoms with Crippen molar-refractivity contribution in [2.45, 2.75) is 58.5 Å². The molecule has 2 amide bonds. The van der Waals surface area contributed by atoms with E-state index in [-0.39, 0.29) is 37.7 Å². The molecule has 0 aliphatic carbocycles. The molecule has 0 aliphatic rings. The number of hydrogen-bond acceptors (Lipinski definition) is 5. The molecule has 0 radical (unpaired) electrons. The number of amides is 2. The average molecular weight is 594 g/mol. The van der Waals surface area contributed by atoms with E-state index in [1.807, 2.05) is 61.5 Å². The number of carbonyl (C=O) groups excluding carboxylic acids is 2. The Hall–Kier alpha value is -3.85. The fourth-order valence-corrected chi connectivity index (χ4v) is 5.68.